The Morgan fingerprint density at radius 3 is 2.42 bits per heavy atom. The van der Waals surface area contributed by atoms with E-state index in [4.69, 9.17) is 9.47 Å². The van der Waals surface area contributed by atoms with Gasteiger partial charge in [0.2, 0.25) is 6.29 Å². The minimum atomic E-state index is -4.42. The number of alkyl halides is 3. The number of allylic oxidation sites excluding steroid dienone is 1. The van der Waals surface area contributed by atoms with E-state index in [1.165, 1.54) is 18.6 Å². The van der Waals surface area contributed by atoms with Crippen molar-refractivity contribution < 1.29 is 32.5 Å². The SMILES string of the molecule is CCO[C@H]1OC(C(=O)N(C)C2CCCCC2)=C[C@@H](c2ccc(C(F)(F)F)cc2)[C@@H]1CCCO. The average Bonchev–Trinajstić information content (AvgIpc) is 2.82. The predicted octanol–water partition coefficient (Wildman–Crippen LogP) is 5.25. The minimum Gasteiger partial charge on any atom is -0.459 e. The molecule has 1 amide bonds. The molecule has 8 heteroatoms. The maximum atomic E-state index is 13.3. The highest BCUT2D eigenvalue weighted by atomic mass is 19.4. The van der Waals surface area contributed by atoms with E-state index in [1.54, 1.807) is 18.0 Å². The van der Waals surface area contributed by atoms with Crippen LogP contribution in [0.25, 0.3) is 0 Å². The number of aliphatic hydroxyl groups is 1. The molecule has 0 bridgehead atoms. The Labute approximate surface area is 193 Å². The van der Waals surface area contributed by atoms with Crippen LogP contribution in [-0.4, -0.2) is 48.5 Å². The van der Waals surface area contributed by atoms with Crippen LogP contribution in [0.5, 0.6) is 0 Å². The molecule has 5 nitrogen and oxygen atoms in total. The van der Waals surface area contributed by atoms with Crippen molar-refractivity contribution in [2.75, 3.05) is 20.3 Å². The first-order chi connectivity index (χ1) is 15.8. The van der Waals surface area contributed by atoms with Gasteiger partial charge < -0.3 is 19.5 Å². The second-order valence-electron chi connectivity index (χ2n) is 8.86. The summed E-state index contributed by atoms with van der Waals surface area (Å²) in [7, 11) is 1.78. The molecule has 184 valence electrons. The van der Waals surface area contributed by atoms with Crippen LogP contribution in [0, 0.1) is 5.92 Å². The molecule has 33 heavy (non-hydrogen) atoms. The largest absolute Gasteiger partial charge is 0.459 e. The molecular formula is C25H34F3NO4. The van der Waals surface area contributed by atoms with Crippen molar-refractivity contribution in [1.29, 1.82) is 0 Å². The van der Waals surface area contributed by atoms with Crippen molar-refractivity contribution in [1.82, 2.24) is 4.90 Å². The van der Waals surface area contributed by atoms with Crippen molar-refractivity contribution in [2.45, 2.75) is 76.3 Å². The zero-order chi connectivity index (χ0) is 24.0. The zero-order valence-electron chi connectivity index (χ0n) is 19.3. The molecule has 0 saturated heterocycles. The van der Waals surface area contributed by atoms with E-state index in [0.29, 0.717) is 25.0 Å². The number of halogens is 3. The molecule has 0 unspecified atom stereocenters. The Morgan fingerprint density at radius 1 is 1.18 bits per heavy atom. The summed E-state index contributed by atoms with van der Waals surface area (Å²) < 4.78 is 51.1. The molecule has 1 saturated carbocycles. The molecule has 2 aliphatic rings. The van der Waals surface area contributed by atoms with Crippen molar-refractivity contribution in [2.24, 2.45) is 5.92 Å². The number of likely N-dealkylation sites (N-methyl/N-ethyl adjacent to an activating group) is 1. The molecule has 1 fully saturated rings. The van der Waals surface area contributed by atoms with Crippen molar-refractivity contribution in [3.05, 3.63) is 47.2 Å². The van der Waals surface area contributed by atoms with Crippen LogP contribution in [0.4, 0.5) is 13.2 Å². The molecule has 1 aliphatic heterocycles. The van der Waals surface area contributed by atoms with Gasteiger partial charge in [0.25, 0.3) is 5.91 Å². The zero-order valence-corrected chi connectivity index (χ0v) is 19.3. The first kappa shape index (κ1) is 25.6. The Morgan fingerprint density at radius 2 is 1.85 bits per heavy atom. The lowest BCUT2D eigenvalue weighted by molar-refractivity contribution is -0.170. The Bertz CT molecular complexity index is 803. The van der Waals surface area contributed by atoms with Gasteiger partial charge in [0.1, 0.15) is 0 Å². The lowest BCUT2D eigenvalue weighted by Gasteiger charge is -2.39. The fourth-order valence-electron chi connectivity index (χ4n) is 4.84. The molecule has 3 rings (SSSR count). The third-order valence-electron chi connectivity index (χ3n) is 6.69. The van der Waals surface area contributed by atoms with Crippen LogP contribution in [0.15, 0.2) is 36.1 Å². The number of carbonyl (C=O) groups is 1. The van der Waals surface area contributed by atoms with Crippen LogP contribution in [0.2, 0.25) is 0 Å². The number of benzene rings is 1. The summed E-state index contributed by atoms with van der Waals surface area (Å²) in [6.07, 6.45) is 2.86. The number of nitrogens with zero attached hydrogens (tertiary/aromatic N) is 1. The number of hydrogen-bond acceptors (Lipinski definition) is 4. The maximum Gasteiger partial charge on any atom is 0.416 e. The van der Waals surface area contributed by atoms with Gasteiger partial charge in [-0.3, -0.25) is 4.79 Å². The first-order valence-corrected chi connectivity index (χ1v) is 11.8. The van der Waals surface area contributed by atoms with E-state index in [0.717, 1.165) is 37.8 Å². The quantitative estimate of drug-likeness (QED) is 0.565. The van der Waals surface area contributed by atoms with Gasteiger partial charge in [0.05, 0.1) is 5.56 Å². The average molecular weight is 470 g/mol. The summed E-state index contributed by atoms with van der Waals surface area (Å²) >= 11 is 0. The smallest absolute Gasteiger partial charge is 0.416 e. The highest BCUT2D eigenvalue weighted by Gasteiger charge is 2.39. The van der Waals surface area contributed by atoms with Gasteiger partial charge in [-0.2, -0.15) is 13.2 Å². The van der Waals surface area contributed by atoms with E-state index < -0.39 is 18.0 Å². The van der Waals surface area contributed by atoms with Crippen molar-refractivity contribution in [3.63, 3.8) is 0 Å². The maximum absolute atomic E-state index is 13.3. The van der Waals surface area contributed by atoms with Gasteiger partial charge in [-0.15, -0.1) is 0 Å². The second kappa shape index (κ2) is 11.4. The molecule has 0 radical (unpaired) electrons. The third-order valence-corrected chi connectivity index (χ3v) is 6.69. The Hall–Kier alpha value is -2.06. The topological polar surface area (TPSA) is 59.0 Å². The van der Waals surface area contributed by atoms with Crippen molar-refractivity contribution >= 4 is 5.91 Å². The van der Waals surface area contributed by atoms with Crippen LogP contribution in [-0.2, 0) is 20.4 Å². The normalized spacial score (nSPS) is 24.2. The number of ether oxygens (including phenoxy) is 2. The predicted molar refractivity (Wildman–Crippen MR) is 118 cm³/mol. The van der Waals surface area contributed by atoms with Crippen molar-refractivity contribution in [3.8, 4) is 0 Å². The van der Waals surface area contributed by atoms with E-state index in [-0.39, 0.29) is 36.2 Å². The Balaban J connectivity index is 1.93. The summed E-state index contributed by atoms with van der Waals surface area (Å²) in [6, 6.07) is 5.19. The molecular weight excluding hydrogens is 435 g/mol. The summed E-state index contributed by atoms with van der Waals surface area (Å²) in [4.78, 5) is 15.0. The van der Waals surface area contributed by atoms with Crippen LogP contribution >= 0.6 is 0 Å². The monoisotopic (exact) mass is 469 g/mol. The van der Waals surface area contributed by atoms with E-state index >= 15 is 0 Å². The number of carbonyl (C=O) groups excluding carboxylic acids is 1. The van der Waals surface area contributed by atoms with Crippen LogP contribution in [0.1, 0.15) is 68.9 Å². The minimum absolute atomic E-state index is 0.0189. The van der Waals surface area contributed by atoms with Gasteiger partial charge in [-0.05, 0) is 56.4 Å². The lowest BCUT2D eigenvalue weighted by Crippen LogP contribution is -2.43. The van der Waals surface area contributed by atoms with E-state index in [1.807, 2.05) is 6.92 Å². The Kier molecular flexibility index (Phi) is 8.82. The number of aliphatic hydroxyl groups excluding tert-OH is 1. The summed E-state index contributed by atoms with van der Waals surface area (Å²) in [6.45, 7) is 2.17. The molecule has 1 aliphatic carbocycles. The number of amides is 1. The summed E-state index contributed by atoms with van der Waals surface area (Å²) in [5.74, 6) is -0.677. The first-order valence-electron chi connectivity index (χ1n) is 11.8. The molecule has 1 aromatic rings. The van der Waals surface area contributed by atoms with Gasteiger partial charge in [-0.1, -0.05) is 31.4 Å². The summed E-state index contributed by atoms with van der Waals surface area (Å²) in [5.41, 5.74) is -0.0616. The van der Waals surface area contributed by atoms with Gasteiger partial charge in [0, 0.05) is 38.1 Å². The molecule has 0 spiro atoms. The highest BCUT2D eigenvalue weighted by Crippen LogP contribution is 2.41. The fraction of sp³-hybridized carbons (Fsp3) is 0.640. The van der Waals surface area contributed by atoms with Gasteiger partial charge >= 0.3 is 6.18 Å². The highest BCUT2D eigenvalue weighted by molar-refractivity contribution is 5.91. The molecule has 1 aromatic carbocycles. The van der Waals surface area contributed by atoms with Crippen LogP contribution in [0.3, 0.4) is 0 Å². The van der Waals surface area contributed by atoms with E-state index in [9.17, 15) is 23.1 Å². The van der Waals surface area contributed by atoms with Gasteiger partial charge in [-0.25, -0.2) is 0 Å². The third kappa shape index (κ3) is 6.29. The number of rotatable bonds is 8. The molecule has 1 heterocycles. The number of hydrogen-bond donors (Lipinski definition) is 1. The lowest BCUT2D eigenvalue weighted by atomic mass is 9.80. The molecule has 1 N–H and O–H groups in total. The summed E-state index contributed by atoms with van der Waals surface area (Å²) in [5, 5.41) is 9.37. The fourth-order valence-corrected chi connectivity index (χ4v) is 4.84. The second-order valence-corrected chi connectivity index (χ2v) is 8.86. The molecule has 3 atom stereocenters. The molecule has 0 aromatic heterocycles. The van der Waals surface area contributed by atoms with Crippen LogP contribution < -0.4 is 0 Å². The standard InChI is InChI=1S/C25H34F3NO4/c1-3-32-24-20(10-7-15-30)21(17-11-13-18(14-12-17)25(26,27)28)16-22(33-24)23(31)29(2)19-8-5-4-6-9-19/h11-14,16,19-21,24,30H,3-10,15H2,1-2H3/t20-,21-,24-/m0/s1. The van der Waals surface area contributed by atoms with E-state index in [2.05, 4.69) is 0 Å². The van der Waals surface area contributed by atoms with Gasteiger partial charge in [0.15, 0.2) is 5.76 Å².